The molecule has 2 aliphatic rings. The minimum Gasteiger partial charge on any atom is -0.356 e. The van der Waals surface area contributed by atoms with Crippen molar-refractivity contribution in [3.05, 3.63) is 0 Å². The van der Waals surface area contributed by atoms with E-state index in [1.54, 1.807) is 0 Å². The van der Waals surface area contributed by atoms with E-state index in [9.17, 15) is 0 Å². The lowest BCUT2D eigenvalue weighted by Gasteiger charge is -2.18. The number of hydrogen-bond donors (Lipinski definition) is 2. The molecule has 3 heteroatoms. The van der Waals surface area contributed by atoms with E-state index in [-0.39, 0.29) is 0 Å². The molecule has 0 atom stereocenters. The molecular formula is C13H25N3. The average molecular weight is 223 g/mol. The van der Waals surface area contributed by atoms with Crippen molar-refractivity contribution in [1.29, 1.82) is 0 Å². The lowest BCUT2D eigenvalue weighted by molar-refractivity contribution is 0.430. The molecular weight excluding hydrogens is 198 g/mol. The predicted octanol–water partition coefficient (Wildman–Crippen LogP) is 2.00. The van der Waals surface area contributed by atoms with E-state index >= 15 is 0 Å². The van der Waals surface area contributed by atoms with Gasteiger partial charge in [0.25, 0.3) is 0 Å². The van der Waals surface area contributed by atoms with Gasteiger partial charge in [-0.1, -0.05) is 13.8 Å². The quantitative estimate of drug-likeness (QED) is 0.552. The summed E-state index contributed by atoms with van der Waals surface area (Å²) in [4.78, 5) is 4.27. The zero-order chi connectivity index (χ0) is 11.6. The molecule has 0 saturated heterocycles. The highest BCUT2D eigenvalue weighted by atomic mass is 15.2. The molecule has 0 heterocycles. The molecule has 0 bridgehead atoms. The molecule has 2 fully saturated rings. The smallest absolute Gasteiger partial charge is 0.191 e. The van der Waals surface area contributed by atoms with Gasteiger partial charge in [0.05, 0.1) is 0 Å². The van der Waals surface area contributed by atoms with Crippen molar-refractivity contribution < 1.29 is 0 Å². The maximum atomic E-state index is 4.27. The van der Waals surface area contributed by atoms with Crippen molar-refractivity contribution in [2.24, 2.45) is 22.2 Å². The fourth-order valence-electron chi connectivity index (χ4n) is 2.37. The highest BCUT2D eigenvalue weighted by molar-refractivity contribution is 5.79. The second kappa shape index (κ2) is 4.64. The first-order valence-electron chi connectivity index (χ1n) is 6.61. The monoisotopic (exact) mass is 223 g/mol. The van der Waals surface area contributed by atoms with Crippen LogP contribution in [0.1, 0.15) is 39.5 Å². The first kappa shape index (κ1) is 11.7. The molecule has 0 aromatic heterocycles. The van der Waals surface area contributed by atoms with Gasteiger partial charge in [-0.2, -0.15) is 0 Å². The molecule has 2 aliphatic carbocycles. The number of aliphatic imine (C=N–C) groups is 1. The number of rotatable bonds is 5. The zero-order valence-electron chi connectivity index (χ0n) is 10.8. The number of nitrogens with one attached hydrogen (secondary N) is 2. The average Bonchev–Trinajstić information content (AvgIpc) is 3.11. The summed E-state index contributed by atoms with van der Waals surface area (Å²) in [5.74, 6) is 2.65. The summed E-state index contributed by atoms with van der Waals surface area (Å²) in [5, 5.41) is 6.86. The Bertz CT molecular complexity index is 262. The van der Waals surface area contributed by atoms with Gasteiger partial charge in [-0.05, 0) is 42.9 Å². The van der Waals surface area contributed by atoms with Gasteiger partial charge >= 0.3 is 0 Å². The van der Waals surface area contributed by atoms with Crippen molar-refractivity contribution in [3.8, 4) is 0 Å². The number of guanidine groups is 1. The molecule has 0 aromatic rings. The van der Waals surface area contributed by atoms with Crippen molar-refractivity contribution in [2.45, 2.75) is 39.5 Å². The van der Waals surface area contributed by atoms with E-state index < -0.39 is 0 Å². The summed E-state index contributed by atoms with van der Waals surface area (Å²) >= 11 is 0. The molecule has 0 spiro atoms. The third-order valence-electron chi connectivity index (χ3n) is 3.84. The molecule has 0 radical (unpaired) electrons. The Morgan fingerprint density at radius 3 is 2.44 bits per heavy atom. The zero-order valence-corrected chi connectivity index (χ0v) is 10.8. The summed E-state index contributed by atoms with van der Waals surface area (Å²) in [5.41, 5.74) is 0.648. The molecule has 0 aliphatic heterocycles. The molecule has 3 nitrogen and oxygen atoms in total. The second-order valence-corrected chi connectivity index (χ2v) is 5.84. The van der Waals surface area contributed by atoms with Gasteiger partial charge < -0.3 is 10.6 Å². The lowest BCUT2D eigenvalue weighted by atomic mass is 10.0. The highest BCUT2D eigenvalue weighted by Gasteiger charge is 2.53. The van der Waals surface area contributed by atoms with Crippen LogP contribution in [0.2, 0.25) is 0 Å². The molecule has 2 N–H and O–H groups in total. The molecule has 16 heavy (non-hydrogen) atoms. The maximum absolute atomic E-state index is 4.27. The standard InChI is InChI=1S/C13H25N3/c1-10(2)8-15-12(14-3)16-9-13(6-7-13)11-4-5-11/h10-11H,4-9H2,1-3H3,(H2,14,15,16). The van der Waals surface area contributed by atoms with Gasteiger partial charge in [0.2, 0.25) is 0 Å². The van der Waals surface area contributed by atoms with Crippen LogP contribution in [0.3, 0.4) is 0 Å². The van der Waals surface area contributed by atoms with Crippen LogP contribution in [-0.4, -0.2) is 26.1 Å². The number of hydrogen-bond acceptors (Lipinski definition) is 1. The van der Waals surface area contributed by atoms with Gasteiger partial charge in [0.1, 0.15) is 0 Å². The third-order valence-corrected chi connectivity index (χ3v) is 3.84. The molecule has 2 saturated carbocycles. The fraction of sp³-hybridized carbons (Fsp3) is 0.923. The van der Waals surface area contributed by atoms with Crippen LogP contribution in [-0.2, 0) is 0 Å². The Morgan fingerprint density at radius 2 is 2.00 bits per heavy atom. The van der Waals surface area contributed by atoms with Crippen molar-refractivity contribution >= 4 is 5.96 Å². The summed E-state index contributed by atoms with van der Waals surface area (Å²) in [6.45, 7) is 6.55. The Kier molecular flexibility index (Phi) is 3.41. The van der Waals surface area contributed by atoms with Crippen LogP contribution in [0.15, 0.2) is 4.99 Å². The van der Waals surface area contributed by atoms with E-state index in [1.807, 2.05) is 7.05 Å². The largest absolute Gasteiger partial charge is 0.356 e. The summed E-state index contributed by atoms with van der Waals surface area (Å²) in [7, 11) is 1.85. The van der Waals surface area contributed by atoms with Gasteiger partial charge in [0, 0.05) is 20.1 Å². The third kappa shape index (κ3) is 2.89. The van der Waals surface area contributed by atoms with E-state index in [1.165, 1.54) is 25.7 Å². The normalized spacial score (nSPS) is 23.4. The SMILES string of the molecule is CN=C(NCC(C)C)NCC1(C2CC2)CC1. The predicted molar refractivity (Wildman–Crippen MR) is 68.6 cm³/mol. The van der Waals surface area contributed by atoms with Gasteiger partial charge in [0.15, 0.2) is 5.96 Å². The van der Waals surface area contributed by atoms with Crippen LogP contribution in [0, 0.1) is 17.3 Å². The topological polar surface area (TPSA) is 36.4 Å². The van der Waals surface area contributed by atoms with E-state index in [0.29, 0.717) is 11.3 Å². The van der Waals surface area contributed by atoms with Crippen molar-refractivity contribution in [3.63, 3.8) is 0 Å². The molecule has 2 rings (SSSR count). The van der Waals surface area contributed by atoms with Gasteiger partial charge in [-0.15, -0.1) is 0 Å². The van der Waals surface area contributed by atoms with Crippen LogP contribution in [0.25, 0.3) is 0 Å². The van der Waals surface area contributed by atoms with Gasteiger partial charge in [-0.25, -0.2) is 0 Å². The van der Waals surface area contributed by atoms with E-state index in [2.05, 4.69) is 29.5 Å². The Hall–Kier alpha value is -0.730. The first-order valence-corrected chi connectivity index (χ1v) is 6.61. The van der Waals surface area contributed by atoms with E-state index in [0.717, 1.165) is 25.0 Å². The van der Waals surface area contributed by atoms with Gasteiger partial charge in [-0.3, -0.25) is 4.99 Å². The van der Waals surface area contributed by atoms with Crippen molar-refractivity contribution in [1.82, 2.24) is 10.6 Å². The minimum absolute atomic E-state index is 0.648. The second-order valence-electron chi connectivity index (χ2n) is 5.84. The maximum Gasteiger partial charge on any atom is 0.191 e. The summed E-state index contributed by atoms with van der Waals surface area (Å²) in [6.07, 6.45) is 5.76. The lowest BCUT2D eigenvalue weighted by Crippen LogP contribution is -2.42. The van der Waals surface area contributed by atoms with Crippen LogP contribution in [0.5, 0.6) is 0 Å². The first-order chi connectivity index (χ1) is 7.66. The van der Waals surface area contributed by atoms with Crippen LogP contribution >= 0.6 is 0 Å². The van der Waals surface area contributed by atoms with Crippen molar-refractivity contribution in [2.75, 3.05) is 20.1 Å². The van der Waals surface area contributed by atoms with Crippen LogP contribution < -0.4 is 10.6 Å². The molecule has 0 unspecified atom stereocenters. The Labute approximate surface area is 99.1 Å². The molecule has 0 amide bonds. The molecule has 92 valence electrons. The highest BCUT2D eigenvalue weighted by Crippen LogP contribution is 2.60. The Balaban J connectivity index is 1.71. The Morgan fingerprint density at radius 1 is 1.31 bits per heavy atom. The molecule has 0 aromatic carbocycles. The number of nitrogens with zero attached hydrogens (tertiary/aromatic N) is 1. The minimum atomic E-state index is 0.648. The summed E-state index contributed by atoms with van der Waals surface area (Å²) in [6, 6.07) is 0. The summed E-state index contributed by atoms with van der Waals surface area (Å²) < 4.78 is 0. The van der Waals surface area contributed by atoms with Crippen LogP contribution in [0.4, 0.5) is 0 Å². The van der Waals surface area contributed by atoms with E-state index in [4.69, 9.17) is 0 Å². The fourth-order valence-corrected chi connectivity index (χ4v) is 2.37.